The lowest BCUT2D eigenvalue weighted by Crippen LogP contribution is -2.34. The standard InChI is InChI=1S/C17H21NS/c1-2-6-15-13-17(9-8-14(15)5-1)19-12-10-16-7-3-4-11-18-16/h1-2,5-6,8-9,13,16,18H,3-4,7,10-12H2. The Morgan fingerprint density at radius 2 is 1.95 bits per heavy atom. The van der Waals surface area contributed by atoms with Gasteiger partial charge in [0.05, 0.1) is 0 Å². The summed E-state index contributed by atoms with van der Waals surface area (Å²) in [5.74, 6) is 1.22. The number of nitrogens with one attached hydrogen (secondary N) is 1. The first-order chi connectivity index (χ1) is 9.42. The van der Waals surface area contributed by atoms with E-state index < -0.39 is 0 Å². The van der Waals surface area contributed by atoms with Gasteiger partial charge in [-0.2, -0.15) is 0 Å². The molecule has 19 heavy (non-hydrogen) atoms. The minimum atomic E-state index is 0.752. The SMILES string of the molecule is c1ccc2cc(SCCC3CCCCN3)ccc2c1. The highest BCUT2D eigenvalue weighted by atomic mass is 32.2. The molecule has 0 saturated carbocycles. The van der Waals surface area contributed by atoms with Crippen LogP contribution in [0, 0.1) is 0 Å². The number of hydrogen-bond donors (Lipinski definition) is 1. The lowest BCUT2D eigenvalue weighted by molar-refractivity contribution is 0.395. The van der Waals surface area contributed by atoms with E-state index >= 15 is 0 Å². The van der Waals surface area contributed by atoms with Gasteiger partial charge in [0.25, 0.3) is 0 Å². The van der Waals surface area contributed by atoms with Crippen LogP contribution in [-0.2, 0) is 0 Å². The molecule has 1 unspecified atom stereocenters. The smallest absolute Gasteiger partial charge is 0.00783 e. The Morgan fingerprint density at radius 3 is 2.79 bits per heavy atom. The third-order valence-corrected chi connectivity index (χ3v) is 4.90. The van der Waals surface area contributed by atoms with Crippen molar-refractivity contribution in [2.75, 3.05) is 12.3 Å². The van der Waals surface area contributed by atoms with Crippen molar-refractivity contribution < 1.29 is 0 Å². The molecular weight excluding hydrogens is 250 g/mol. The normalized spacial score (nSPS) is 19.7. The summed E-state index contributed by atoms with van der Waals surface area (Å²) >= 11 is 1.99. The Kier molecular flexibility index (Phi) is 4.41. The molecule has 3 rings (SSSR count). The monoisotopic (exact) mass is 271 g/mol. The zero-order valence-electron chi connectivity index (χ0n) is 11.3. The quantitative estimate of drug-likeness (QED) is 0.824. The second-order valence-corrected chi connectivity index (χ2v) is 6.46. The molecule has 1 saturated heterocycles. The van der Waals surface area contributed by atoms with E-state index in [1.54, 1.807) is 0 Å². The first-order valence-corrected chi connectivity index (χ1v) is 8.25. The van der Waals surface area contributed by atoms with Gasteiger partial charge < -0.3 is 5.32 Å². The molecule has 2 heteroatoms. The second kappa shape index (κ2) is 6.44. The average molecular weight is 271 g/mol. The molecule has 100 valence electrons. The van der Waals surface area contributed by atoms with Crippen LogP contribution in [0.4, 0.5) is 0 Å². The summed E-state index contributed by atoms with van der Waals surface area (Å²) in [5, 5.41) is 6.31. The number of benzene rings is 2. The fourth-order valence-electron chi connectivity index (χ4n) is 2.75. The van der Waals surface area contributed by atoms with Crippen molar-refractivity contribution in [2.24, 2.45) is 0 Å². The van der Waals surface area contributed by atoms with Gasteiger partial charge in [-0.25, -0.2) is 0 Å². The number of thioether (sulfide) groups is 1. The number of fused-ring (bicyclic) bond motifs is 1. The van der Waals surface area contributed by atoms with Crippen LogP contribution in [-0.4, -0.2) is 18.3 Å². The molecule has 0 aromatic heterocycles. The van der Waals surface area contributed by atoms with Crippen molar-refractivity contribution in [3.63, 3.8) is 0 Å². The summed E-state index contributed by atoms with van der Waals surface area (Å²) in [6.45, 7) is 1.21. The van der Waals surface area contributed by atoms with Crippen LogP contribution in [0.2, 0.25) is 0 Å². The van der Waals surface area contributed by atoms with Gasteiger partial charge in [0, 0.05) is 10.9 Å². The van der Waals surface area contributed by atoms with E-state index in [0.717, 1.165) is 6.04 Å². The van der Waals surface area contributed by atoms with Crippen LogP contribution < -0.4 is 5.32 Å². The summed E-state index contributed by atoms with van der Waals surface area (Å²) in [5.41, 5.74) is 0. The van der Waals surface area contributed by atoms with E-state index in [4.69, 9.17) is 0 Å². The Labute approximate surface area is 119 Å². The minimum absolute atomic E-state index is 0.752. The first kappa shape index (κ1) is 13.0. The molecule has 0 spiro atoms. The van der Waals surface area contributed by atoms with Crippen LogP contribution >= 0.6 is 11.8 Å². The zero-order valence-corrected chi connectivity index (χ0v) is 12.1. The van der Waals surface area contributed by atoms with Gasteiger partial charge in [0.2, 0.25) is 0 Å². The van der Waals surface area contributed by atoms with E-state index in [1.165, 1.54) is 53.6 Å². The highest BCUT2D eigenvalue weighted by Gasteiger charge is 2.11. The highest BCUT2D eigenvalue weighted by Crippen LogP contribution is 2.25. The van der Waals surface area contributed by atoms with Crippen molar-refractivity contribution in [1.29, 1.82) is 0 Å². The lowest BCUT2D eigenvalue weighted by Gasteiger charge is -2.23. The van der Waals surface area contributed by atoms with Gasteiger partial charge in [0.1, 0.15) is 0 Å². The van der Waals surface area contributed by atoms with Crippen molar-refractivity contribution >= 4 is 22.5 Å². The Balaban J connectivity index is 1.56. The van der Waals surface area contributed by atoms with Crippen molar-refractivity contribution in [2.45, 2.75) is 36.6 Å². The Hall–Kier alpha value is -0.990. The van der Waals surface area contributed by atoms with E-state index in [1.807, 2.05) is 11.8 Å². The number of piperidine rings is 1. The van der Waals surface area contributed by atoms with Crippen LogP contribution in [0.15, 0.2) is 47.4 Å². The van der Waals surface area contributed by atoms with Crippen molar-refractivity contribution in [3.8, 4) is 0 Å². The van der Waals surface area contributed by atoms with Gasteiger partial charge in [-0.3, -0.25) is 0 Å². The number of rotatable bonds is 4. The molecule has 1 atom stereocenters. The molecule has 2 aromatic carbocycles. The molecule has 1 aliphatic heterocycles. The predicted octanol–water partition coefficient (Wildman–Crippen LogP) is 4.46. The minimum Gasteiger partial charge on any atom is -0.314 e. The van der Waals surface area contributed by atoms with Crippen LogP contribution in [0.25, 0.3) is 10.8 Å². The van der Waals surface area contributed by atoms with Gasteiger partial charge in [0.15, 0.2) is 0 Å². The molecule has 1 N–H and O–H groups in total. The van der Waals surface area contributed by atoms with Gasteiger partial charge in [-0.1, -0.05) is 36.8 Å². The van der Waals surface area contributed by atoms with Crippen LogP contribution in [0.5, 0.6) is 0 Å². The molecule has 1 nitrogen and oxygen atoms in total. The summed E-state index contributed by atoms with van der Waals surface area (Å²) in [6.07, 6.45) is 5.41. The molecule has 1 aliphatic rings. The van der Waals surface area contributed by atoms with E-state index in [-0.39, 0.29) is 0 Å². The largest absolute Gasteiger partial charge is 0.314 e. The average Bonchev–Trinajstić information content (AvgIpc) is 2.48. The predicted molar refractivity (Wildman–Crippen MR) is 84.9 cm³/mol. The van der Waals surface area contributed by atoms with Gasteiger partial charge >= 0.3 is 0 Å². The Bertz CT molecular complexity index is 532. The maximum absolute atomic E-state index is 3.62. The molecule has 1 fully saturated rings. The fraction of sp³-hybridized carbons (Fsp3) is 0.412. The topological polar surface area (TPSA) is 12.0 Å². The number of hydrogen-bond acceptors (Lipinski definition) is 2. The molecule has 0 radical (unpaired) electrons. The Morgan fingerprint density at radius 1 is 1.05 bits per heavy atom. The fourth-order valence-corrected chi connectivity index (χ4v) is 3.76. The maximum atomic E-state index is 3.62. The third kappa shape index (κ3) is 3.52. The summed E-state index contributed by atoms with van der Waals surface area (Å²) < 4.78 is 0. The van der Waals surface area contributed by atoms with Crippen molar-refractivity contribution in [1.82, 2.24) is 5.32 Å². The van der Waals surface area contributed by atoms with E-state index in [2.05, 4.69) is 47.8 Å². The summed E-state index contributed by atoms with van der Waals surface area (Å²) in [6, 6.07) is 16.1. The van der Waals surface area contributed by atoms with E-state index in [0.29, 0.717) is 0 Å². The van der Waals surface area contributed by atoms with Crippen LogP contribution in [0.1, 0.15) is 25.7 Å². The van der Waals surface area contributed by atoms with Gasteiger partial charge in [-0.15, -0.1) is 11.8 Å². The first-order valence-electron chi connectivity index (χ1n) is 7.27. The molecule has 2 aromatic rings. The van der Waals surface area contributed by atoms with Crippen molar-refractivity contribution in [3.05, 3.63) is 42.5 Å². The maximum Gasteiger partial charge on any atom is 0.00783 e. The molecular formula is C17H21NS. The highest BCUT2D eigenvalue weighted by molar-refractivity contribution is 7.99. The third-order valence-electron chi connectivity index (χ3n) is 3.87. The van der Waals surface area contributed by atoms with Gasteiger partial charge in [-0.05, 0) is 54.5 Å². The zero-order chi connectivity index (χ0) is 12.9. The molecule has 0 amide bonds. The summed E-state index contributed by atoms with van der Waals surface area (Å²) in [4.78, 5) is 1.40. The van der Waals surface area contributed by atoms with Crippen LogP contribution in [0.3, 0.4) is 0 Å². The summed E-state index contributed by atoms with van der Waals surface area (Å²) in [7, 11) is 0. The molecule has 0 aliphatic carbocycles. The molecule has 0 bridgehead atoms. The second-order valence-electron chi connectivity index (χ2n) is 5.29. The lowest BCUT2D eigenvalue weighted by atomic mass is 10.0. The van der Waals surface area contributed by atoms with E-state index in [9.17, 15) is 0 Å². The molecule has 1 heterocycles.